The van der Waals surface area contributed by atoms with Crippen molar-refractivity contribution in [3.8, 4) is 0 Å². The molecule has 1 aromatic carbocycles. The number of aromatic amines is 1. The maximum Gasteiger partial charge on any atom is 0.272 e. The van der Waals surface area contributed by atoms with E-state index in [0.717, 1.165) is 36.8 Å². The lowest BCUT2D eigenvalue weighted by molar-refractivity contribution is 0.0714. The van der Waals surface area contributed by atoms with Crippen molar-refractivity contribution in [1.29, 1.82) is 0 Å². The molecule has 120 valence electrons. The number of aromatic nitrogens is 2. The van der Waals surface area contributed by atoms with E-state index in [9.17, 15) is 9.59 Å². The number of anilines is 1. The Morgan fingerprint density at radius 3 is 2.52 bits per heavy atom. The van der Waals surface area contributed by atoms with E-state index in [1.165, 1.54) is 6.20 Å². The summed E-state index contributed by atoms with van der Waals surface area (Å²) in [5.74, 6) is -0.510. The Hall–Kier alpha value is -2.15. The summed E-state index contributed by atoms with van der Waals surface area (Å²) in [6, 6.07) is 7.25. The molecule has 23 heavy (non-hydrogen) atoms. The molecule has 6 nitrogen and oxygen atoms in total. The average Bonchev–Trinajstić information content (AvgIpc) is 3.07. The Labute approximate surface area is 142 Å². The zero-order valence-electron chi connectivity index (χ0n) is 12.5. The minimum atomic E-state index is -0.346. The van der Waals surface area contributed by atoms with Gasteiger partial charge in [0.15, 0.2) is 0 Å². The van der Waals surface area contributed by atoms with Crippen LogP contribution < -0.4 is 5.32 Å². The van der Waals surface area contributed by atoms with Crippen LogP contribution in [0.15, 0.2) is 34.9 Å². The zero-order valence-corrected chi connectivity index (χ0v) is 14.1. The molecule has 0 spiro atoms. The first-order valence-electron chi connectivity index (χ1n) is 7.55. The molecule has 0 aliphatic carbocycles. The van der Waals surface area contributed by atoms with E-state index in [4.69, 9.17) is 0 Å². The fourth-order valence-electron chi connectivity index (χ4n) is 2.61. The van der Waals surface area contributed by atoms with Gasteiger partial charge in [0.2, 0.25) is 0 Å². The summed E-state index contributed by atoms with van der Waals surface area (Å²) in [5.41, 5.74) is 1.18. The molecule has 3 rings (SSSR count). The monoisotopic (exact) mass is 376 g/mol. The summed E-state index contributed by atoms with van der Waals surface area (Å²) in [7, 11) is 0. The number of H-pyrrole nitrogens is 1. The molecule has 0 unspecified atom stereocenters. The Balaban J connectivity index is 1.75. The fourth-order valence-corrected chi connectivity index (χ4v) is 2.87. The number of rotatable bonds is 3. The SMILES string of the molecule is O=C(Nc1ccc(Br)cc1)c1cn[nH]c1C(=O)N1CCCCC1. The van der Waals surface area contributed by atoms with Gasteiger partial charge in [-0.25, -0.2) is 0 Å². The lowest BCUT2D eigenvalue weighted by atomic mass is 10.1. The molecule has 1 aliphatic rings. The molecule has 2 heterocycles. The Morgan fingerprint density at radius 2 is 1.83 bits per heavy atom. The summed E-state index contributed by atoms with van der Waals surface area (Å²) in [6.45, 7) is 1.46. The number of halogens is 1. The average molecular weight is 377 g/mol. The lowest BCUT2D eigenvalue weighted by Gasteiger charge is -2.26. The first kappa shape index (κ1) is 15.7. The second kappa shape index (κ2) is 6.95. The second-order valence-electron chi connectivity index (χ2n) is 5.47. The van der Waals surface area contributed by atoms with Gasteiger partial charge in [-0.15, -0.1) is 0 Å². The van der Waals surface area contributed by atoms with E-state index in [1.54, 1.807) is 17.0 Å². The number of amides is 2. The summed E-state index contributed by atoms with van der Waals surface area (Å²) in [5, 5.41) is 9.32. The van der Waals surface area contributed by atoms with Crippen LogP contribution in [0.3, 0.4) is 0 Å². The first-order chi connectivity index (χ1) is 11.1. The summed E-state index contributed by atoms with van der Waals surface area (Å²) < 4.78 is 0.930. The molecule has 0 atom stereocenters. The molecular formula is C16H17BrN4O2. The van der Waals surface area contributed by atoms with Gasteiger partial charge in [0.05, 0.1) is 11.8 Å². The highest BCUT2D eigenvalue weighted by atomic mass is 79.9. The molecule has 1 aliphatic heterocycles. The molecule has 1 aromatic heterocycles. The number of hydrogen-bond acceptors (Lipinski definition) is 3. The third-order valence-corrected chi connectivity index (χ3v) is 4.37. The van der Waals surface area contributed by atoms with Crippen LogP contribution >= 0.6 is 15.9 Å². The molecule has 2 N–H and O–H groups in total. The highest BCUT2D eigenvalue weighted by molar-refractivity contribution is 9.10. The van der Waals surface area contributed by atoms with Crippen molar-refractivity contribution in [2.75, 3.05) is 18.4 Å². The highest BCUT2D eigenvalue weighted by Gasteiger charge is 2.25. The topological polar surface area (TPSA) is 78.1 Å². The largest absolute Gasteiger partial charge is 0.337 e. The molecule has 1 saturated heterocycles. The Morgan fingerprint density at radius 1 is 1.13 bits per heavy atom. The zero-order chi connectivity index (χ0) is 16.2. The van der Waals surface area contributed by atoms with Crippen LogP contribution in [0.1, 0.15) is 40.1 Å². The molecule has 0 radical (unpaired) electrons. The van der Waals surface area contributed by atoms with Crippen LogP contribution in [-0.4, -0.2) is 40.0 Å². The van der Waals surface area contributed by atoms with Gasteiger partial charge in [0, 0.05) is 23.2 Å². The van der Waals surface area contributed by atoms with Crippen molar-refractivity contribution in [3.63, 3.8) is 0 Å². The van der Waals surface area contributed by atoms with E-state index >= 15 is 0 Å². The first-order valence-corrected chi connectivity index (χ1v) is 8.34. The van der Waals surface area contributed by atoms with Crippen LogP contribution in [0.2, 0.25) is 0 Å². The number of piperidine rings is 1. The summed E-state index contributed by atoms with van der Waals surface area (Å²) >= 11 is 3.35. The van der Waals surface area contributed by atoms with E-state index in [2.05, 4.69) is 31.4 Å². The molecule has 2 amide bonds. The number of carbonyl (C=O) groups excluding carboxylic acids is 2. The van der Waals surface area contributed by atoms with Crippen LogP contribution in [-0.2, 0) is 0 Å². The molecule has 0 saturated carbocycles. The van der Waals surface area contributed by atoms with Gasteiger partial charge in [-0.1, -0.05) is 15.9 Å². The third-order valence-electron chi connectivity index (χ3n) is 3.84. The van der Waals surface area contributed by atoms with Crippen molar-refractivity contribution in [1.82, 2.24) is 15.1 Å². The number of likely N-dealkylation sites (tertiary alicyclic amines) is 1. The quantitative estimate of drug-likeness (QED) is 0.863. The Kier molecular flexibility index (Phi) is 4.76. The van der Waals surface area contributed by atoms with Crippen LogP contribution in [0.4, 0.5) is 5.69 Å². The van der Waals surface area contributed by atoms with Crippen molar-refractivity contribution >= 4 is 33.4 Å². The highest BCUT2D eigenvalue weighted by Crippen LogP contribution is 2.17. The van der Waals surface area contributed by atoms with Crippen LogP contribution in [0, 0.1) is 0 Å². The summed E-state index contributed by atoms with van der Waals surface area (Å²) in [4.78, 5) is 26.7. The van der Waals surface area contributed by atoms with Gasteiger partial charge in [-0.05, 0) is 43.5 Å². The smallest absolute Gasteiger partial charge is 0.272 e. The van der Waals surface area contributed by atoms with Gasteiger partial charge >= 0.3 is 0 Å². The van der Waals surface area contributed by atoms with E-state index < -0.39 is 0 Å². The Bertz CT molecular complexity index is 705. The van der Waals surface area contributed by atoms with Gasteiger partial charge in [0.1, 0.15) is 5.69 Å². The van der Waals surface area contributed by atoms with Gasteiger partial charge in [-0.3, -0.25) is 14.7 Å². The predicted molar refractivity (Wildman–Crippen MR) is 90.4 cm³/mol. The van der Waals surface area contributed by atoms with Gasteiger partial charge in [-0.2, -0.15) is 5.10 Å². The molecule has 2 aromatic rings. The number of carbonyl (C=O) groups is 2. The van der Waals surface area contributed by atoms with Crippen molar-refractivity contribution in [2.45, 2.75) is 19.3 Å². The van der Waals surface area contributed by atoms with Gasteiger partial charge in [0.25, 0.3) is 11.8 Å². The van der Waals surface area contributed by atoms with Crippen molar-refractivity contribution < 1.29 is 9.59 Å². The normalized spacial score (nSPS) is 14.6. The third kappa shape index (κ3) is 3.61. The molecule has 1 fully saturated rings. The number of hydrogen-bond donors (Lipinski definition) is 2. The second-order valence-corrected chi connectivity index (χ2v) is 6.39. The van der Waals surface area contributed by atoms with E-state index in [0.29, 0.717) is 5.69 Å². The minimum Gasteiger partial charge on any atom is -0.337 e. The molecule has 0 bridgehead atoms. The van der Waals surface area contributed by atoms with Crippen LogP contribution in [0.25, 0.3) is 0 Å². The standard InChI is InChI=1S/C16H17BrN4O2/c17-11-4-6-12(7-5-11)19-15(22)13-10-18-20-14(13)16(23)21-8-2-1-3-9-21/h4-7,10H,1-3,8-9H2,(H,18,20)(H,19,22). The molecular weight excluding hydrogens is 360 g/mol. The van der Waals surface area contributed by atoms with E-state index in [-0.39, 0.29) is 23.1 Å². The maximum absolute atomic E-state index is 12.6. The van der Waals surface area contributed by atoms with Gasteiger partial charge < -0.3 is 10.2 Å². The number of nitrogens with one attached hydrogen (secondary N) is 2. The number of benzene rings is 1. The maximum atomic E-state index is 12.6. The van der Waals surface area contributed by atoms with Crippen molar-refractivity contribution in [2.24, 2.45) is 0 Å². The molecule has 7 heteroatoms. The number of nitrogens with zero attached hydrogens (tertiary/aromatic N) is 2. The minimum absolute atomic E-state index is 0.164. The van der Waals surface area contributed by atoms with Crippen LogP contribution in [0.5, 0.6) is 0 Å². The van der Waals surface area contributed by atoms with E-state index in [1.807, 2.05) is 12.1 Å². The summed E-state index contributed by atoms with van der Waals surface area (Å²) in [6.07, 6.45) is 4.54. The predicted octanol–water partition coefficient (Wildman–Crippen LogP) is 3.05. The fraction of sp³-hybridized carbons (Fsp3) is 0.312. The van der Waals surface area contributed by atoms with Crippen molar-refractivity contribution in [3.05, 3.63) is 46.2 Å². The lowest BCUT2D eigenvalue weighted by Crippen LogP contribution is -2.36.